The molecule has 1 rings (SSSR count). The van der Waals surface area contributed by atoms with Crippen molar-refractivity contribution in [1.29, 1.82) is 0 Å². The Morgan fingerprint density at radius 2 is 1.95 bits per heavy atom. The Bertz CT molecular complexity index is 468. The number of nitrogens with one attached hydrogen (secondary N) is 1. The predicted octanol–water partition coefficient (Wildman–Crippen LogP) is 1.20. The molecule has 0 bridgehead atoms. The van der Waals surface area contributed by atoms with E-state index in [9.17, 15) is 14.7 Å². The van der Waals surface area contributed by atoms with Gasteiger partial charge in [-0.3, -0.25) is 9.59 Å². The highest BCUT2D eigenvalue weighted by Crippen LogP contribution is 2.11. The van der Waals surface area contributed by atoms with Gasteiger partial charge in [0.1, 0.15) is 0 Å². The third-order valence-electron chi connectivity index (χ3n) is 2.80. The van der Waals surface area contributed by atoms with Gasteiger partial charge in [0.15, 0.2) is 0 Å². The number of carboxylic acids is 1. The van der Waals surface area contributed by atoms with Gasteiger partial charge < -0.3 is 15.5 Å². The van der Waals surface area contributed by atoms with Crippen molar-refractivity contribution in [2.75, 3.05) is 6.54 Å². The fourth-order valence-electron chi connectivity index (χ4n) is 1.80. The zero-order valence-electron chi connectivity index (χ0n) is 11.1. The first-order valence-corrected chi connectivity index (χ1v) is 6.16. The minimum absolute atomic E-state index is 0.101. The van der Waals surface area contributed by atoms with Crippen molar-refractivity contribution in [3.63, 3.8) is 0 Å². The summed E-state index contributed by atoms with van der Waals surface area (Å²) in [5, 5.41) is 21.0. The molecule has 0 saturated carbocycles. The summed E-state index contributed by atoms with van der Waals surface area (Å²) in [5.41, 5.74) is 0.0110. The monoisotopic (exact) mass is 265 g/mol. The predicted molar refractivity (Wildman–Crippen MR) is 71.0 cm³/mol. The molecule has 0 radical (unpaired) electrons. The van der Waals surface area contributed by atoms with Gasteiger partial charge in [0, 0.05) is 12.1 Å². The summed E-state index contributed by atoms with van der Waals surface area (Å²) in [6.45, 7) is 3.23. The number of aryl methyl sites for hydroxylation is 1. The number of aliphatic carboxylic acids is 1. The molecular formula is C14H19NO4. The van der Waals surface area contributed by atoms with Crippen LogP contribution in [0.15, 0.2) is 24.3 Å². The van der Waals surface area contributed by atoms with E-state index in [4.69, 9.17) is 5.11 Å². The van der Waals surface area contributed by atoms with Crippen molar-refractivity contribution < 1.29 is 19.8 Å². The largest absolute Gasteiger partial charge is 0.481 e. The van der Waals surface area contributed by atoms with Crippen molar-refractivity contribution in [2.45, 2.75) is 32.3 Å². The molecule has 1 amide bonds. The van der Waals surface area contributed by atoms with Crippen molar-refractivity contribution in [3.8, 4) is 0 Å². The molecule has 0 aliphatic carbocycles. The number of aliphatic hydroxyl groups is 1. The fraction of sp³-hybridized carbons (Fsp3) is 0.429. The summed E-state index contributed by atoms with van der Waals surface area (Å²) in [7, 11) is 0. The van der Waals surface area contributed by atoms with E-state index in [2.05, 4.69) is 5.32 Å². The minimum atomic E-state index is -1.46. The second kappa shape index (κ2) is 6.33. The van der Waals surface area contributed by atoms with Crippen LogP contribution >= 0.6 is 0 Å². The van der Waals surface area contributed by atoms with Crippen LogP contribution in [0.25, 0.3) is 0 Å². The molecule has 1 aromatic carbocycles. The van der Waals surface area contributed by atoms with Gasteiger partial charge in [-0.1, -0.05) is 25.1 Å². The average molecular weight is 265 g/mol. The Balaban J connectivity index is 2.68. The molecule has 0 aliphatic rings. The summed E-state index contributed by atoms with van der Waals surface area (Å²) >= 11 is 0. The highest BCUT2D eigenvalue weighted by molar-refractivity contribution is 5.95. The number of carboxylic acid groups (broad SMARTS) is 1. The second-order valence-electron chi connectivity index (χ2n) is 4.76. The highest BCUT2D eigenvalue weighted by Gasteiger charge is 2.25. The lowest BCUT2D eigenvalue weighted by Crippen LogP contribution is -2.42. The zero-order valence-corrected chi connectivity index (χ0v) is 11.1. The SMILES string of the molecule is CCc1ccccc1C(=O)NCC(C)(O)CC(=O)O. The summed E-state index contributed by atoms with van der Waals surface area (Å²) in [6, 6.07) is 7.20. The van der Waals surface area contributed by atoms with Crippen LogP contribution in [0, 0.1) is 0 Å². The molecule has 0 spiro atoms. The van der Waals surface area contributed by atoms with E-state index < -0.39 is 18.0 Å². The maximum absolute atomic E-state index is 12.0. The van der Waals surface area contributed by atoms with Crippen LogP contribution in [-0.4, -0.2) is 34.2 Å². The molecule has 0 aliphatic heterocycles. The number of hydrogen-bond donors (Lipinski definition) is 3. The van der Waals surface area contributed by atoms with E-state index in [1.165, 1.54) is 6.92 Å². The topological polar surface area (TPSA) is 86.6 Å². The molecule has 104 valence electrons. The number of rotatable bonds is 6. The number of hydrogen-bond acceptors (Lipinski definition) is 3. The molecular weight excluding hydrogens is 246 g/mol. The van der Waals surface area contributed by atoms with Crippen molar-refractivity contribution in [2.24, 2.45) is 0 Å². The van der Waals surface area contributed by atoms with Crippen molar-refractivity contribution >= 4 is 11.9 Å². The Kier molecular flexibility index (Phi) is 5.06. The Labute approximate surface area is 112 Å². The van der Waals surface area contributed by atoms with Gasteiger partial charge in [0.2, 0.25) is 0 Å². The molecule has 5 heteroatoms. The van der Waals surface area contributed by atoms with Crippen molar-refractivity contribution in [1.82, 2.24) is 5.32 Å². The minimum Gasteiger partial charge on any atom is -0.481 e. The summed E-state index contributed by atoms with van der Waals surface area (Å²) in [4.78, 5) is 22.5. The number of carbonyl (C=O) groups is 2. The van der Waals surface area contributed by atoms with Crippen LogP contribution in [0.1, 0.15) is 36.2 Å². The number of benzene rings is 1. The van der Waals surface area contributed by atoms with Gasteiger partial charge in [0.25, 0.3) is 5.91 Å². The molecule has 3 N–H and O–H groups in total. The van der Waals surface area contributed by atoms with Gasteiger partial charge in [-0.2, -0.15) is 0 Å². The van der Waals surface area contributed by atoms with E-state index >= 15 is 0 Å². The fourth-order valence-corrected chi connectivity index (χ4v) is 1.80. The van der Waals surface area contributed by atoms with E-state index in [1.54, 1.807) is 12.1 Å². The molecule has 0 fully saturated rings. The molecule has 0 saturated heterocycles. The quantitative estimate of drug-likeness (QED) is 0.721. The lowest BCUT2D eigenvalue weighted by Gasteiger charge is -2.21. The van der Waals surface area contributed by atoms with Crippen LogP contribution in [-0.2, 0) is 11.2 Å². The van der Waals surface area contributed by atoms with Crippen LogP contribution < -0.4 is 5.32 Å². The van der Waals surface area contributed by atoms with Crippen LogP contribution in [0.4, 0.5) is 0 Å². The van der Waals surface area contributed by atoms with Crippen LogP contribution in [0.3, 0.4) is 0 Å². The Hall–Kier alpha value is -1.88. The molecule has 5 nitrogen and oxygen atoms in total. The molecule has 1 aromatic rings. The second-order valence-corrected chi connectivity index (χ2v) is 4.76. The maximum Gasteiger partial charge on any atom is 0.306 e. The first-order chi connectivity index (χ1) is 8.85. The lowest BCUT2D eigenvalue weighted by molar-refractivity contribution is -0.141. The zero-order chi connectivity index (χ0) is 14.5. The van der Waals surface area contributed by atoms with Crippen molar-refractivity contribution in [3.05, 3.63) is 35.4 Å². The van der Waals surface area contributed by atoms with E-state index in [-0.39, 0.29) is 12.5 Å². The van der Waals surface area contributed by atoms with Crippen LogP contribution in [0.2, 0.25) is 0 Å². The normalized spacial score (nSPS) is 13.6. The first-order valence-electron chi connectivity index (χ1n) is 6.16. The lowest BCUT2D eigenvalue weighted by atomic mass is 10.0. The average Bonchev–Trinajstić information content (AvgIpc) is 2.34. The summed E-state index contributed by atoms with van der Waals surface area (Å²) in [6.07, 6.45) is 0.317. The van der Waals surface area contributed by atoms with E-state index in [0.717, 1.165) is 12.0 Å². The van der Waals surface area contributed by atoms with Gasteiger partial charge >= 0.3 is 5.97 Å². The summed E-state index contributed by atoms with van der Waals surface area (Å²) < 4.78 is 0. The molecule has 1 atom stereocenters. The van der Waals surface area contributed by atoms with Gasteiger partial charge in [-0.25, -0.2) is 0 Å². The van der Waals surface area contributed by atoms with E-state index in [1.807, 2.05) is 19.1 Å². The van der Waals surface area contributed by atoms with Gasteiger partial charge in [-0.15, -0.1) is 0 Å². The highest BCUT2D eigenvalue weighted by atomic mass is 16.4. The number of amides is 1. The number of carbonyl (C=O) groups excluding carboxylic acids is 1. The Morgan fingerprint density at radius 1 is 1.32 bits per heavy atom. The third kappa shape index (κ3) is 4.71. The molecule has 0 heterocycles. The standard InChI is InChI=1S/C14H19NO4/c1-3-10-6-4-5-7-11(10)13(18)15-9-14(2,19)8-12(16)17/h4-7,19H,3,8-9H2,1-2H3,(H,15,18)(H,16,17). The van der Waals surface area contributed by atoms with E-state index in [0.29, 0.717) is 5.56 Å². The molecule has 19 heavy (non-hydrogen) atoms. The van der Waals surface area contributed by atoms with Gasteiger partial charge in [-0.05, 0) is 25.0 Å². The maximum atomic E-state index is 12.0. The molecule has 0 aromatic heterocycles. The van der Waals surface area contributed by atoms with Gasteiger partial charge in [0.05, 0.1) is 12.0 Å². The summed E-state index contributed by atoms with van der Waals surface area (Å²) in [5.74, 6) is -1.41. The third-order valence-corrected chi connectivity index (χ3v) is 2.80. The molecule has 1 unspecified atom stereocenters. The first kappa shape index (κ1) is 15.2. The Morgan fingerprint density at radius 3 is 2.53 bits per heavy atom. The van der Waals surface area contributed by atoms with Crippen LogP contribution in [0.5, 0.6) is 0 Å². The smallest absolute Gasteiger partial charge is 0.306 e.